The fourth-order valence-corrected chi connectivity index (χ4v) is 4.12. The summed E-state index contributed by atoms with van der Waals surface area (Å²) in [6.45, 7) is 1.70. The third-order valence-corrected chi connectivity index (χ3v) is 5.57. The molecule has 136 valence electrons. The number of anilines is 1. The number of H-pyrrole nitrogens is 1. The first kappa shape index (κ1) is 16.1. The molecule has 1 fully saturated rings. The summed E-state index contributed by atoms with van der Waals surface area (Å²) in [7, 11) is 0. The van der Waals surface area contributed by atoms with Gasteiger partial charge >= 0.3 is 6.03 Å². The Kier molecular flexibility index (Phi) is 3.93. The highest BCUT2D eigenvalue weighted by atomic mass is 16.2. The van der Waals surface area contributed by atoms with Crippen molar-refractivity contribution in [3.05, 3.63) is 59.7 Å². The van der Waals surface area contributed by atoms with Crippen molar-refractivity contribution in [1.82, 2.24) is 15.1 Å². The van der Waals surface area contributed by atoms with Crippen LogP contribution in [0, 0.1) is 0 Å². The van der Waals surface area contributed by atoms with Crippen molar-refractivity contribution in [3.63, 3.8) is 0 Å². The third kappa shape index (κ3) is 2.89. The highest BCUT2D eigenvalue weighted by molar-refractivity contribution is 5.90. The Morgan fingerprint density at radius 1 is 1.00 bits per heavy atom. The van der Waals surface area contributed by atoms with Gasteiger partial charge in [0.1, 0.15) is 0 Å². The predicted octanol–water partition coefficient (Wildman–Crippen LogP) is 4.67. The van der Waals surface area contributed by atoms with Gasteiger partial charge in [0.25, 0.3) is 0 Å². The van der Waals surface area contributed by atoms with Crippen molar-refractivity contribution in [1.29, 1.82) is 0 Å². The molecule has 2 aliphatic rings. The first-order valence-corrected chi connectivity index (χ1v) is 9.61. The standard InChI is InChI=1S/C22H22N4O/c27-22(26-12-4-1-5-13-26)23-17-10-8-15(9-11-17)20-19-14-16-6-2-3-7-18(16)21(19)25-24-20/h2-3,6-11H,1,4-5,12-14H2,(H,23,27)(H,24,25). The number of rotatable bonds is 2. The third-order valence-electron chi connectivity index (χ3n) is 5.57. The Labute approximate surface area is 158 Å². The van der Waals surface area contributed by atoms with Gasteiger partial charge < -0.3 is 10.2 Å². The van der Waals surface area contributed by atoms with Crippen molar-refractivity contribution in [2.75, 3.05) is 18.4 Å². The van der Waals surface area contributed by atoms with Crippen molar-refractivity contribution in [3.8, 4) is 22.5 Å². The Morgan fingerprint density at radius 2 is 1.78 bits per heavy atom. The fraction of sp³-hybridized carbons (Fsp3) is 0.273. The quantitative estimate of drug-likeness (QED) is 0.547. The number of aromatic amines is 1. The smallest absolute Gasteiger partial charge is 0.321 e. The highest BCUT2D eigenvalue weighted by Crippen LogP contribution is 2.39. The van der Waals surface area contributed by atoms with E-state index in [4.69, 9.17) is 0 Å². The van der Waals surface area contributed by atoms with E-state index in [1.807, 2.05) is 29.2 Å². The Balaban J connectivity index is 1.34. The molecular formula is C22H22N4O. The largest absolute Gasteiger partial charge is 0.325 e. The van der Waals surface area contributed by atoms with Crippen LogP contribution in [0.5, 0.6) is 0 Å². The maximum absolute atomic E-state index is 12.4. The SMILES string of the molecule is O=C(Nc1ccc(-c2n[nH]c3c2Cc2ccccc2-3)cc1)N1CCCCC1. The summed E-state index contributed by atoms with van der Waals surface area (Å²) in [5.41, 5.74) is 7.85. The number of amides is 2. The number of likely N-dealkylation sites (tertiary alicyclic amines) is 1. The van der Waals surface area contributed by atoms with E-state index in [0.29, 0.717) is 0 Å². The second kappa shape index (κ2) is 6.58. The minimum absolute atomic E-state index is 0.00133. The van der Waals surface area contributed by atoms with Gasteiger partial charge in [0, 0.05) is 41.9 Å². The second-order valence-corrected chi connectivity index (χ2v) is 7.31. The normalized spacial score (nSPS) is 15.3. The molecule has 2 heterocycles. The summed E-state index contributed by atoms with van der Waals surface area (Å²) in [5.74, 6) is 0. The highest BCUT2D eigenvalue weighted by Gasteiger charge is 2.24. The van der Waals surface area contributed by atoms with Crippen LogP contribution >= 0.6 is 0 Å². The fourth-order valence-electron chi connectivity index (χ4n) is 4.12. The monoisotopic (exact) mass is 358 g/mol. The number of carbonyl (C=O) groups is 1. The molecule has 1 saturated heterocycles. The maximum Gasteiger partial charge on any atom is 0.321 e. The molecule has 1 aliphatic heterocycles. The number of piperidine rings is 1. The lowest BCUT2D eigenvalue weighted by atomic mass is 10.1. The van der Waals surface area contributed by atoms with E-state index in [1.165, 1.54) is 23.1 Å². The van der Waals surface area contributed by atoms with E-state index in [2.05, 4.69) is 39.8 Å². The summed E-state index contributed by atoms with van der Waals surface area (Å²) >= 11 is 0. The number of carbonyl (C=O) groups excluding carboxylic acids is 1. The summed E-state index contributed by atoms with van der Waals surface area (Å²) in [4.78, 5) is 14.3. The van der Waals surface area contributed by atoms with Gasteiger partial charge in [0.15, 0.2) is 0 Å². The first-order chi connectivity index (χ1) is 13.3. The summed E-state index contributed by atoms with van der Waals surface area (Å²) in [6, 6.07) is 16.4. The summed E-state index contributed by atoms with van der Waals surface area (Å²) in [5, 5.41) is 10.8. The van der Waals surface area contributed by atoms with Gasteiger partial charge in [0.05, 0.1) is 11.4 Å². The molecule has 0 saturated carbocycles. The van der Waals surface area contributed by atoms with Crippen molar-refractivity contribution >= 4 is 11.7 Å². The molecule has 0 radical (unpaired) electrons. The lowest BCUT2D eigenvalue weighted by Crippen LogP contribution is -2.38. The van der Waals surface area contributed by atoms with E-state index >= 15 is 0 Å². The van der Waals surface area contributed by atoms with E-state index in [-0.39, 0.29) is 6.03 Å². The van der Waals surface area contributed by atoms with Gasteiger partial charge in [-0.25, -0.2) is 4.79 Å². The van der Waals surface area contributed by atoms with Gasteiger partial charge in [-0.2, -0.15) is 5.10 Å². The van der Waals surface area contributed by atoms with Gasteiger partial charge in [-0.05, 0) is 37.0 Å². The molecule has 5 nitrogen and oxygen atoms in total. The van der Waals surface area contributed by atoms with Gasteiger partial charge in [-0.3, -0.25) is 5.10 Å². The molecule has 2 aromatic carbocycles. The minimum Gasteiger partial charge on any atom is -0.325 e. The number of benzene rings is 2. The molecule has 5 rings (SSSR count). The predicted molar refractivity (Wildman–Crippen MR) is 107 cm³/mol. The summed E-state index contributed by atoms with van der Waals surface area (Å²) in [6.07, 6.45) is 4.32. The Morgan fingerprint density at radius 3 is 2.59 bits per heavy atom. The number of aromatic nitrogens is 2. The zero-order valence-corrected chi connectivity index (χ0v) is 15.2. The Bertz CT molecular complexity index is 984. The molecule has 1 aromatic heterocycles. The average molecular weight is 358 g/mol. The van der Waals surface area contributed by atoms with Crippen molar-refractivity contribution in [2.24, 2.45) is 0 Å². The van der Waals surface area contributed by atoms with Crippen LogP contribution in [-0.4, -0.2) is 34.2 Å². The maximum atomic E-state index is 12.4. The molecule has 0 spiro atoms. The zero-order valence-electron chi connectivity index (χ0n) is 15.2. The Hall–Kier alpha value is -3.08. The molecule has 2 amide bonds. The van der Waals surface area contributed by atoms with E-state index in [9.17, 15) is 4.79 Å². The molecule has 5 heteroatoms. The number of hydrogen-bond donors (Lipinski definition) is 2. The van der Waals surface area contributed by atoms with Crippen LogP contribution in [0.15, 0.2) is 48.5 Å². The number of fused-ring (bicyclic) bond motifs is 3. The lowest BCUT2D eigenvalue weighted by Gasteiger charge is -2.26. The summed E-state index contributed by atoms with van der Waals surface area (Å²) < 4.78 is 0. The van der Waals surface area contributed by atoms with Crippen LogP contribution in [0.4, 0.5) is 10.5 Å². The second-order valence-electron chi connectivity index (χ2n) is 7.31. The molecule has 1 aliphatic carbocycles. The average Bonchev–Trinajstić information content (AvgIpc) is 3.29. The number of urea groups is 1. The molecular weight excluding hydrogens is 336 g/mol. The molecule has 27 heavy (non-hydrogen) atoms. The minimum atomic E-state index is -0.00133. The first-order valence-electron chi connectivity index (χ1n) is 9.61. The van der Waals surface area contributed by atoms with Crippen LogP contribution in [0.25, 0.3) is 22.5 Å². The zero-order chi connectivity index (χ0) is 18.2. The van der Waals surface area contributed by atoms with Crippen molar-refractivity contribution < 1.29 is 4.79 Å². The van der Waals surface area contributed by atoms with Crippen LogP contribution in [-0.2, 0) is 6.42 Å². The van der Waals surface area contributed by atoms with E-state index in [1.54, 1.807) is 0 Å². The van der Waals surface area contributed by atoms with E-state index in [0.717, 1.165) is 55.0 Å². The molecule has 0 unspecified atom stereocenters. The van der Waals surface area contributed by atoms with E-state index < -0.39 is 0 Å². The van der Waals surface area contributed by atoms with Gasteiger partial charge in [-0.1, -0.05) is 36.4 Å². The van der Waals surface area contributed by atoms with Crippen LogP contribution in [0.3, 0.4) is 0 Å². The lowest BCUT2D eigenvalue weighted by molar-refractivity contribution is 0.200. The number of hydrogen-bond acceptors (Lipinski definition) is 2. The van der Waals surface area contributed by atoms with Crippen LogP contribution in [0.2, 0.25) is 0 Å². The van der Waals surface area contributed by atoms with Crippen LogP contribution < -0.4 is 5.32 Å². The number of nitrogens with zero attached hydrogens (tertiary/aromatic N) is 2. The molecule has 3 aromatic rings. The number of nitrogens with one attached hydrogen (secondary N) is 2. The molecule has 0 atom stereocenters. The topological polar surface area (TPSA) is 61.0 Å². The molecule has 2 N–H and O–H groups in total. The van der Waals surface area contributed by atoms with Gasteiger partial charge in [0.2, 0.25) is 0 Å². The molecule has 0 bridgehead atoms. The van der Waals surface area contributed by atoms with Crippen molar-refractivity contribution in [2.45, 2.75) is 25.7 Å². The van der Waals surface area contributed by atoms with Gasteiger partial charge in [-0.15, -0.1) is 0 Å². The van der Waals surface area contributed by atoms with Crippen LogP contribution in [0.1, 0.15) is 30.4 Å².